The fourth-order valence-electron chi connectivity index (χ4n) is 2.52. The van der Waals surface area contributed by atoms with E-state index in [0.29, 0.717) is 28.6 Å². The quantitative estimate of drug-likeness (QED) is 0.662. The highest BCUT2D eigenvalue weighted by Crippen LogP contribution is 2.27. The van der Waals surface area contributed by atoms with Crippen LogP contribution in [0, 0.1) is 0 Å². The van der Waals surface area contributed by atoms with Gasteiger partial charge in [0.25, 0.3) is 11.8 Å². The molecule has 0 saturated heterocycles. The molecule has 0 radical (unpaired) electrons. The smallest absolute Gasteiger partial charge is 0.274 e. The van der Waals surface area contributed by atoms with Gasteiger partial charge in [0.1, 0.15) is 11.4 Å². The lowest BCUT2D eigenvalue weighted by Crippen LogP contribution is -2.23. The standard InChI is InChI=1S/C21H18ClN3O3/c1-28-19-8-7-16(12-17(19)22)25-21(27)18-11-15(9-10-23-18)20(26)24-13-14-5-3-2-4-6-14/h2-12H,13H2,1H3,(H,24,26)(H,25,27). The molecule has 0 spiro atoms. The van der Waals surface area contributed by atoms with Gasteiger partial charge in [-0.25, -0.2) is 0 Å². The second-order valence-corrected chi connectivity index (χ2v) is 6.31. The third kappa shape index (κ3) is 4.86. The van der Waals surface area contributed by atoms with Crippen LogP contribution in [0.15, 0.2) is 66.9 Å². The minimum Gasteiger partial charge on any atom is -0.495 e. The number of nitrogens with one attached hydrogen (secondary N) is 2. The average Bonchev–Trinajstić information content (AvgIpc) is 2.73. The number of pyridine rings is 1. The fourth-order valence-corrected chi connectivity index (χ4v) is 2.77. The number of hydrogen-bond donors (Lipinski definition) is 2. The second kappa shape index (κ2) is 9.01. The molecule has 7 heteroatoms. The number of ether oxygens (including phenoxy) is 1. The summed E-state index contributed by atoms with van der Waals surface area (Å²) in [6.45, 7) is 0.397. The van der Waals surface area contributed by atoms with Crippen LogP contribution < -0.4 is 15.4 Å². The Morgan fingerprint density at radius 1 is 1.04 bits per heavy atom. The van der Waals surface area contributed by atoms with Crippen LogP contribution in [-0.4, -0.2) is 23.9 Å². The van der Waals surface area contributed by atoms with Gasteiger partial charge < -0.3 is 15.4 Å². The highest BCUT2D eigenvalue weighted by Gasteiger charge is 2.13. The van der Waals surface area contributed by atoms with Crippen LogP contribution in [-0.2, 0) is 6.54 Å². The van der Waals surface area contributed by atoms with E-state index in [1.807, 2.05) is 30.3 Å². The van der Waals surface area contributed by atoms with Crippen molar-refractivity contribution in [3.05, 3.63) is 88.7 Å². The van der Waals surface area contributed by atoms with Crippen molar-refractivity contribution in [2.24, 2.45) is 0 Å². The summed E-state index contributed by atoms with van der Waals surface area (Å²) >= 11 is 6.07. The number of anilines is 1. The molecule has 142 valence electrons. The number of hydrogen-bond acceptors (Lipinski definition) is 4. The number of aromatic nitrogens is 1. The van der Waals surface area contributed by atoms with E-state index in [1.165, 1.54) is 19.4 Å². The Balaban J connectivity index is 1.67. The molecule has 0 saturated carbocycles. The van der Waals surface area contributed by atoms with E-state index in [0.717, 1.165) is 5.56 Å². The Kier molecular flexibility index (Phi) is 6.24. The third-order valence-electron chi connectivity index (χ3n) is 3.96. The largest absolute Gasteiger partial charge is 0.495 e. The molecule has 6 nitrogen and oxygen atoms in total. The molecule has 3 rings (SSSR count). The Hall–Kier alpha value is -3.38. The van der Waals surface area contributed by atoms with Gasteiger partial charge in [0.05, 0.1) is 12.1 Å². The fraction of sp³-hybridized carbons (Fsp3) is 0.0952. The van der Waals surface area contributed by atoms with Crippen LogP contribution in [0.5, 0.6) is 5.75 Å². The van der Waals surface area contributed by atoms with Crippen LogP contribution in [0.3, 0.4) is 0 Å². The lowest BCUT2D eigenvalue weighted by atomic mass is 10.2. The molecule has 3 aromatic rings. The van der Waals surface area contributed by atoms with Crippen LogP contribution in [0.2, 0.25) is 5.02 Å². The van der Waals surface area contributed by atoms with Gasteiger partial charge in [-0.15, -0.1) is 0 Å². The molecule has 1 aromatic heterocycles. The van der Waals surface area contributed by atoms with E-state index in [4.69, 9.17) is 16.3 Å². The van der Waals surface area contributed by atoms with Crippen LogP contribution in [0.4, 0.5) is 5.69 Å². The molecule has 0 aliphatic carbocycles. The minimum absolute atomic E-state index is 0.124. The summed E-state index contributed by atoms with van der Waals surface area (Å²) in [5.74, 6) is -0.221. The van der Waals surface area contributed by atoms with Crippen molar-refractivity contribution in [1.82, 2.24) is 10.3 Å². The van der Waals surface area contributed by atoms with Crippen LogP contribution in [0.1, 0.15) is 26.4 Å². The lowest BCUT2D eigenvalue weighted by Gasteiger charge is -2.09. The van der Waals surface area contributed by atoms with Gasteiger partial charge in [0, 0.05) is 24.0 Å². The molecule has 2 N–H and O–H groups in total. The maximum Gasteiger partial charge on any atom is 0.274 e. The normalized spacial score (nSPS) is 10.2. The molecular weight excluding hydrogens is 378 g/mol. The molecule has 28 heavy (non-hydrogen) atoms. The van der Waals surface area contributed by atoms with E-state index < -0.39 is 5.91 Å². The average molecular weight is 396 g/mol. The number of rotatable bonds is 6. The third-order valence-corrected chi connectivity index (χ3v) is 4.26. The van der Waals surface area contributed by atoms with Crippen molar-refractivity contribution in [3.8, 4) is 5.75 Å². The molecule has 2 aromatic carbocycles. The Morgan fingerprint density at radius 3 is 2.54 bits per heavy atom. The first-order valence-corrected chi connectivity index (χ1v) is 8.87. The summed E-state index contributed by atoms with van der Waals surface area (Å²) < 4.78 is 5.09. The molecule has 0 aliphatic rings. The van der Waals surface area contributed by atoms with E-state index in [-0.39, 0.29) is 11.6 Å². The van der Waals surface area contributed by atoms with Gasteiger partial charge in [-0.3, -0.25) is 14.6 Å². The van der Waals surface area contributed by atoms with Crippen LogP contribution >= 0.6 is 11.6 Å². The molecule has 0 aliphatic heterocycles. The number of benzene rings is 2. The number of nitrogens with zero attached hydrogens (tertiary/aromatic N) is 1. The highest BCUT2D eigenvalue weighted by atomic mass is 35.5. The van der Waals surface area contributed by atoms with Gasteiger partial charge in [0.15, 0.2) is 0 Å². The van der Waals surface area contributed by atoms with Crippen molar-refractivity contribution in [2.75, 3.05) is 12.4 Å². The minimum atomic E-state index is -0.445. The van der Waals surface area contributed by atoms with Gasteiger partial charge in [-0.2, -0.15) is 0 Å². The number of carbonyl (C=O) groups excluding carboxylic acids is 2. The number of amides is 2. The summed E-state index contributed by atoms with van der Waals surface area (Å²) in [5, 5.41) is 5.90. The topological polar surface area (TPSA) is 80.3 Å². The van der Waals surface area contributed by atoms with Gasteiger partial charge in [-0.05, 0) is 35.9 Å². The van der Waals surface area contributed by atoms with Crippen LogP contribution in [0.25, 0.3) is 0 Å². The highest BCUT2D eigenvalue weighted by molar-refractivity contribution is 6.32. The lowest BCUT2D eigenvalue weighted by molar-refractivity contribution is 0.0951. The first-order valence-electron chi connectivity index (χ1n) is 8.50. The van der Waals surface area contributed by atoms with Gasteiger partial charge >= 0.3 is 0 Å². The summed E-state index contributed by atoms with van der Waals surface area (Å²) in [6, 6.07) is 17.5. The molecule has 1 heterocycles. The van der Waals surface area contributed by atoms with E-state index >= 15 is 0 Å². The van der Waals surface area contributed by atoms with E-state index in [1.54, 1.807) is 24.3 Å². The zero-order valence-corrected chi connectivity index (χ0v) is 15.9. The van der Waals surface area contributed by atoms with Crippen molar-refractivity contribution in [1.29, 1.82) is 0 Å². The predicted octanol–water partition coefficient (Wildman–Crippen LogP) is 3.93. The van der Waals surface area contributed by atoms with Gasteiger partial charge in [-0.1, -0.05) is 41.9 Å². The molecule has 0 unspecified atom stereocenters. The summed E-state index contributed by atoms with van der Waals surface area (Å²) in [7, 11) is 1.51. The van der Waals surface area contributed by atoms with Crippen molar-refractivity contribution in [3.63, 3.8) is 0 Å². The first kappa shape index (κ1) is 19.4. The maximum atomic E-state index is 12.5. The van der Waals surface area contributed by atoms with Crippen molar-refractivity contribution in [2.45, 2.75) is 6.54 Å². The van der Waals surface area contributed by atoms with Gasteiger partial charge in [0.2, 0.25) is 0 Å². The second-order valence-electron chi connectivity index (χ2n) is 5.90. The summed E-state index contributed by atoms with van der Waals surface area (Å²) in [6.07, 6.45) is 1.42. The Bertz CT molecular complexity index is 993. The maximum absolute atomic E-state index is 12.5. The predicted molar refractivity (Wildman–Crippen MR) is 108 cm³/mol. The monoisotopic (exact) mass is 395 g/mol. The Morgan fingerprint density at radius 2 is 1.82 bits per heavy atom. The van der Waals surface area contributed by atoms with E-state index in [9.17, 15) is 9.59 Å². The molecular formula is C21H18ClN3O3. The number of halogens is 1. The summed E-state index contributed by atoms with van der Waals surface area (Å²) in [5.41, 5.74) is 1.96. The first-order chi connectivity index (χ1) is 13.6. The molecule has 2 amide bonds. The van der Waals surface area contributed by atoms with E-state index in [2.05, 4.69) is 15.6 Å². The number of methoxy groups -OCH3 is 1. The molecule has 0 atom stereocenters. The molecule has 0 bridgehead atoms. The van der Waals surface area contributed by atoms with Crippen molar-refractivity contribution >= 4 is 29.1 Å². The number of carbonyl (C=O) groups is 2. The Labute approximate surface area is 167 Å². The zero-order chi connectivity index (χ0) is 19.9. The van der Waals surface area contributed by atoms with Crippen molar-refractivity contribution < 1.29 is 14.3 Å². The summed E-state index contributed by atoms with van der Waals surface area (Å²) in [4.78, 5) is 28.9. The molecule has 0 fully saturated rings. The zero-order valence-electron chi connectivity index (χ0n) is 15.1. The SMILES string of the molecule is COc1ccc(NC(=O)c2cc(C(=O)NCc3ccccc3)ccn2)cc1Cl.